The minimum Gasteiger partial charge on any atom is -0.507 e. The predicted octanol–water partition coefficient (Wildman–Crippen LogP) is 3.60. The van der Waals surface area contributed by atoms with Crippen LogP contribution >= 0.6 is 0 Å². The maximum Gasteiger partial charge on any atom is 0.342 e. The summed E-state index contributed by atoms with van der Waals surface area (Å²) in [6.07, 6.45) is 1.37. The van der Waals surface area contributed by atoms with Crippen molar-refractivity contribution in [1.29, 1.82) is 0 Å². The van der Waals surface area contributed by atoms with E-state index in [2.05, 4.69) is 10.3 Å². The second-order valence-corrected chi connectivity index (χ2v) is 7.19. The Morgan fingerprint density at radius 3 is 2.66 bits per heavy atom. The van der Waals surface area contributed by atoms with Crippen molar-refractivity contribution >= 4 is 28.5 Å². The minimum atomic E-state index is -0.508. The molecular weight excluding hydrogens is 410 g/mol. The number of aryl methyl sites for hydroxylation is 1. The number of carbonyl (C=O) groups excluding carboxylic acids is 2. The Balaban J connectivity index is 1.60. The predicted molar refractivity (Wildman–Crippen MR) is 122 cm³/mol. The number of rotatable bonds is 9. The van der Waals surface area contributed by atoms with Crippen molar-refractivity contribution in [3.63, 3.8) is 0 Å². The summed E-state index contributed by atoms with van der Waals surface area (Å²) in [7, 11) is 0. The molecular formula is C24H27N3O5. The van der Waals surface area contributed by atoms with Crippen molar-refractivity contribution in [2.24, 2.45) is 0 Å². The van der Waals surface area contributed by atoms with Gasteiger partial charge in [0.2, 0.25) is 0 Å². The van der Waals surface area contributed by atoms with Crippen LogP contribution in [0.15, 0.2) is 42.5 Å². The molecule has 0 unspecified atom stereocenters. The number of nitrogens with two attached hydrogens (primary N) is 1. The maximum absolute atomic E-state index is 12.3. The highest BCUT2D eigenvalue weighted by atomic mass is 16.5. The van der Waals surface area contributed by atoms with Crippen molar-refractivity contribution in [1.82, 2.24) is 10.3 Å². The van der Waals surface area contributed by atoms with E-state index in [-0.39, 0.29) is 35.1 Å². The molecule has 0 radical (unpaired) electrons. The van der Waals surface area contributed by atoms with E-state index in [0.717, 1.165) is 0 Å². The first-order valence-corrected chi connectivity index (χ1v) is 10.5. The molecule has 0 spiro atoms. The molecule has 4 N–H and O–H groups in total. The molecule has 8 heteroatoms. The molecule has 3 rings (SSSR count). The van der Waals surface area contributed by atoms with Crippen LogP contribution in [0.5, 0.6) is 11.5 Å². The van der Waals surface area contributed by atoms with Gasteiger partial charge in [0.15, 0.2) is 0 Å². The molecule has 32 heavy (non-hydrogen) atoms. The summed E-state index contributed by atoms with van der Waals surface area (Å²) in [6.45, 7) is 4.54. The number of benzene rings is 2. The number of nitrogens with zero attached hydrogens (tertiary/aromatic N) is 1. The molecule has 1 aromatic heterocycles. The first kappa shape index (κ1) is 22.9. The van der Waals surface area contributed by atoms with Gasteiger partial charge < -0.3 is 25.6 Å². The van der Waals surface area contributed by atoms with E-state index in [4.69, 9.17) is 15.2 Å². The van der Waals surface area contributed by atoms with Gasteiger partial charge in [-0.3, -0.25) is 9.78 Å². The molecule has 0 bridgehead atoms. The van der Waals surface area contributed by atoms with E-state index in [9.17, 15) is 14.7 Å². The summed E-state index contributed by atoms with van der Waals surface area (Å²) in [5.74, 6) is -0.338. The largest absolute Gasteiger partial charge is 0.507 e. The highest BCUT2D eigenvalue weighted by molar-refractivity contribution is 6.07. The van der Waals surface area contributed by atoms with E-state index in [1.54, 1.807) is 38.1 Å². The first-order valence-electron chi connectivity index (χ1n) is 10.5. The van der Waals surface area contributed by atoms with Crippen LogP contribution in [0.3, 0.4) is 0 Å². The van der Waals surface area contributed by atoms with Crippen molar-refractivity contribution in [3.05, 3.63) is 59.3 Å². The number of nitrogens with one attached hydrogen (secondary N) is 1. The number of aromatic hydroxyl groups is 1. The lowest BCUT2D eigenvalue weighted by Gasteiger charge is -2.15. The molecule has 0 atom stereocenters. The number of ether oxygens (including phenoxy) is 2. The smallest absolute Gasteiger partial charge is 0.342 e. The number of carbonyl (C=O) groups is 2. The highest BCUT2D eigenvalue weighted by Gasteiger charge is 2.20. The third-order valence-corrected chi connectivity index (χ3v) is 4.94. The lowest BCUT2D eigenvalue weighted by Crippen LogP contribution is -2.24. The normalized spacial score (nSPS) is 10.7. The zero-order valence-corrected chi connectivity index (χ0v) is 18.2. The quantitative estimate of drug-likeness (QED) is 0.345. The van der Waals surface area contributed by atoms with Gasteiger partial charge in [-0.25, -0.2) is 4.79 Å². The standard InChI is InChI=1S/C24H27N3O5/c1-3-31-24(30)20-15(2)27-17-10-8-12-19(21(17)22(20)25)32-14-7-6-13-26-23(29)16-9-4-5-11-18(16)28/h4-5,8-12,28H,3,6-7,13-14H2,1-2H3,(H2,25,27)(H,26,29). The number of pyridine rings is 1. The monoisotopic (exact) mass is 437 g/mol. The zero-order chi connectivity index (χ0) is 23.1. The molecule has 168 valence electrons. The number of aromatic nitrogens is 1. The highest BCUT2D eigenvalue weighted by Crippen LogP contribution is 2.33. The van der Waals surface area contributed by atoms with Crippen LogP contribution in [0.25, 0.3) is 10.9 Å². The second kappa shape index (κ2) is 10.5. The topological polar surface area (TPSA) is 124 Å². The van der Waals surface area contributed by atoms with Crippen molar-refractivity contribution in [2.45, 2.75) is 26.7 Å². The van der Waals surface area contributed by atoms with Crippen molar-refractivity contribution < 1.29 is 24.2 Å². The van der Waals surface area contributed by atoms with Crippen LogP contribution in [-0.4, -0.2) is 41.7 Å². The van der Waals surface area contributed by atoms with Gasteiger partial charge in [-0.2, -0.15) is 0 Å². The molecule has 0 aliphatic carbocycles. The molecule has 1 amide bonds. The number of phenolic OH excluding ortho intramolecular Hbond substituents is 1. The van der Waals surface area contributed by atoms with E-state index in [1.165, 1.54) is 6.07 Å². The number of hydrogen-bond acceptors (Lipinski definition) is 7. The zero-order valence-electron chi connectivity index (χ0n) is 18.2. The van der Waals surface area contributed by atoms with Gasteiger partial charge in [-0.05, 0) is 51.0 Å². The van der Waals surface area contributed by atoms with Crippen molar-refractivity contribution in [3.8, 4) is 11.5 Å². The van der Waals surface area contributed by atoms with E-state index in [0.29, 0.717) is 48.3 Å². The molecule has 2 aromatic carbocycles. The van der Waals surface area contributed by atoms with E-state index in [1.807, 2.05) is 12.1 Å². The van der Waals surface area contributed by atoms with Gasteiger partial charge in [-0.15, -0.1) is 0 Å². The summed E-state index contributed by atoms with van der Waals surface area (Å²) < 4.78 is 11.0. The Hall–Kier alpha value is -3.81. The summed E-state index contributed by atoms with van der Waals surface area (Å²) in [6, 6.07) is 11.8. The number of fused-ring (bicyclic) bond motifs is 1. The summed E-state index contributed by atoms with van der Waals surface area (Å²) in [4.78, 5) is 28.9. The number of phenols is 1. The molecule has 0 fully saturated rings. The Morgan fingerprint density at radius 2 is 1.91 bits per heavy atom. The number of anilines is 1. The molecule has 8 nitrogen and oxygen atoms in total. The second-order valence-electron chi connectivity index (χ2n) is 7.19. The number of nitrogen functional groups attached to an aromatic ring is 1. The van der Waals surface area contributed by atoms with Crippen molar-refractivity contribution in [2.75, 3.05) is 25.5 Å². The Labute approximate surface area is 186 Å². The molecule has 1 heterocycles. The fourth-order valence-electron chi connectivity index (χ4n) is 3.39. The van der Waals surface area contributed by atoms with E-state index < -0.39 is 5.97 Å². The number of unbranched alkanes of at least 4 members (excludes halogenated alkanes) is 1. The van der Waals surface area contributed by atoms with Gasteiger partial charge in [0.05, 0.1) is 41.1 Å². The lowest BCUT2D eigenvalue weighted by molar-refractivity contribution is 0.0526. The lowest BCUT2D eigenvalue weighted by atomic mass is 10.1. The van der Waals surface area contributed by atoms with Gasteiger partial charge in [-0.1, -0.05) is 18.2 Å². The number of esters is 1. The van der Waals surface area contributed by atoms with Crippen LogP contribution in [-0.2, 0) is 4.74 Å². The Morgan fingerprint density at radius 1 is 1.12 bits per heavy atom. The van der Waals surface area contributed by atoms with Crippen LogP contribution in [0.1, 0.15) is 46.2 Å². The van der Waals surface area contributed by atoms with Crippen LogP contribution in [0.4, 0.5) is 5.69 Å². The average molecular weight is 437 g/mol. The molecule has 0 aliphatic heterocycles. The molecule has 0 aliphatic rings. The summed E-state index contributed by atoms with van der Waals surface area (Å²) in [5, 5.41) is 13.1. The van der Waals surface area contributed by atoms with Gasteiger partial charge in [0, 0.05) is 6.54 Å². The van der Waals surface area contributed by atoms with Crippen LogP contribution in [0.2, 0.25) is 0 Å². The third-order valence-electron chi connectivity index (χ3n) is 4.94. The SMILES string of the molecule is CCOC(=O)c1c(C)nc2cccc(OCCCCNC(=O)c3ccccc3O)c2c1N. The van der Waals surface area contributed by atoms with E-state index >= 15 is 0 Å². The fourth-order valence-corrected chi connectivity index (χ4v) is 3.39. The van der Waals surface area contributed by atoms with Crippen LogP contribution < -0.4 is 15.8 Å². The molecule has 3 aromatic rings. The minimum absolute atomic E-state index is 0.0482. The Kier molecular flexibility index (Phi) is 7.49. The average Bonchev–Trinajstić information content (AvgIpc) is 2.76. The first-order chi connectivity index (χ1) is 15.4. The number of amides is 1. The molecule has 0 saturated heterocycles. The fraction of sp³-hybridized carbons (Fsp3) is 0.292. The van der Waals surface area contributed by atoms with Crippen LogP contribution in [0, 0.1) is 6.92 Å². The van der Waals surface area contributed by atoms with Gasteiger partial charge in [0.25, 0.3) is 5.91 Å². The summed E-state index contributed by atoms with van der Waals surface area (Å²) in [5.41, 5.74) is 8.25. The Bertz CT molecular complexity index is 1130. The third kappa shape index (κ3) is 5.08. The molecule has 0 saturated carbocycles. The van der Waals surface area contributed by atoms with Gasteiger partial charge in [0.1, 0.15) is 17.1 Å². The summed E-state index contributed by atoms with van der Waals surface area (Å²) >= 11 is 0. The number of hydrogen-bond donors (Lipinski definition) is 3. The maximum atomic E-state index is 12.3. The van der Waals surface area contributed by atoms with Gasteiger partial charge >= 0.3 is 5.97 Å². The number of para-hydroxylation sites is 1.